The molecular weight excluding hydrogens is 370 g/mol. The zero-order chi connectivity index (χ0) is 16.9. The average Bonchev–Trinajstić information content (AvgIpc) is 2.90. The van der Waals surface area contributed by atoms with Gasteiger partial charge in [0.15, 0.2) is 0 Å². The van der Waals surface area contributed by atoms with Gasteiger partial charge in [-0.1, -0.05) is 35.0 Å². The molecule has 1 aliphatic rings. The highest BCUT2D eigenvalue weighted by Crippen LogP contribution is 2.38. The van der Waals surface area contributed by atoms with Gasteiger partial charge in [0.05, 0.1) is 24.4 Å². The lowest BCUT2D eigenvalue weighted by atomic mass is 10.2. The third kappa shape index (κ3) is 3.79. The van der Waals surface area contributed by atoms with Crippen LogP contribution in [0.5, 0.6) is 5.75 Å². The molecule has 0 aromatic heterocycles. The summed E-state index contributed by atoms with van der Waals surface area (Å²) < 4.78 is 12.1. The van der Waals surface area contributed by atoms with E-state index in [1.165, 1.54) is 0 Å². The Morgan fingerprint density at radius 1 is 1.12 bits per heavy atom. The molecule has 1 aliphatic heterocycles. The van der Waals surface area contributed by atoms with Gasteiger partial charge in [0.1, 0.15) is 12.4 Å². The SMILES string of the molecule is CCCOCCOc1cccc(N2C(=O)Cc3ccc(Br)cc32)c1. The molecule has 1 amide bonds. The van der Waals surface area contributed by atoms with Crippen LogP contribution >= 0.6 is 15.9 Å². The van der Waals surface area contributed by atoms with Crippen LogP contribution in [-0.2, 0) is 16.0 Å². The highest BCUT2D eigenvalue weighted by molar-refractivity contribution is 9.10. The second kappa shape index (κ2) is 7.81. The number of fused-ring (bicyclic) bond motifs is 1. The van der Waals surface area contributed by atoms with E-state index in [2.05, 4.69) is 22.9 Å². The van der Waals surface area contributed by atoms with Crippen molar-refractivity contribution in [3.63, 3.8) is 0 Å². The normalized spacial score (nSPS) is 13.2. The summed E-state index contributed by atoms with van der Waals surface area (Å²) in [5, 5.41) is 0. The molecule has 0 saturated carbocycles. The minimum absolute atomic E-state index is 0.0755. The van der Waals surface area contributed by atoms with Crippen molar-refractivity contribution in [3.8, 4) is 5.75 Å². The number of hydrogen-bond acceptors (Lipinski definition) is 3. The molecule has 5 heteroatoms. The van der Waals surface area contributed by atoms with Gasteiger partial charge in [-0.15, -0.1) is 0 Å². The van der Waals surface area contributed by atoms with Crippen molar-refractivity contribution in [2.75, 3.05) is 24.7 Å². The Hall–Kier alpha value is -1.85. The molecule has 0 unspecified atom stereocenters. The zero-order valence-electron chi connectivity index (χ0n) is 13.6. The summed E-state index contributed by atoms with van der Waals surface area (Å²) in [6.45, 7) is 3.89. The molecule has 3 rings (SSSR count). The molecular formula is C19H20BrNO3. The number of halogens is 1. The van der Waals surface area contributed by atoms with Gasteiger partial charge in [-0.2, -0.15) is 0 Å². The Labute approximate surface area is 150 Å². The number of amides is 1. The number of hydrogen-bond donors (Lipinski definition) is 0. The second-order valence-corrected chi connectivity index (χ2v) is 6.55. The zero-order valence-corrected chi connectivity index (χ0v) is 15.2. The standard InChI is InChI=1S/C19H20BrNO3/c1-2-8-23-9-10-24-17-5-3-4-16(13-17)21-18-12-15(20)7-6-14(18)11-19(21)22/h3-7,12-13H,2,8-11H2,1H3. The first-order valence-corrected chi connectivity index (χ1v) is 8.90. The van der Waals surface area contributed by atoms with E-state index in [4.69, 9.17) is 9.47 Å². The predicted octanol–water partition coefficient (Wildman–Crippen LogP) is 4.48. The van der Waals surface area contributed by atoms with Crippen molar-refractivity contribution in [1.82, 2.24) is 0 Å². The lowest BCUT2D eigenvalue weighted by Crippen LogP contribution is -2.20. The van der Waals surface area contributed by atoms with E-state index in [9.17, 15) is 4.79 Å². The first kappa shape index (κ1) is 17.0. The maximum absolute atomic E-state index is 12.4. The first-order valence-electron chi connectivity index (χ1n) is 8.11. The summed E-state index contributed by atoms with van der Waals surface area (Å²) in [7, 11) is 0. The molecule has 4 nitrogen and oxygen atoms in total. The minimum Gasteiger partial charge on any atom is -0.491 e. The van der Waals surface area contributed by atoms with Gasteiger partial charge in [0.2, 0.25) is 5.91 Å². The number of rotatable bonds is 7. The Bertz CT molecular complexity index is 732. The van der Waals surface area contributed by atoms with Gasteiger partial charge in [-0.05, 0) is 36.2 Å². The first-order chi connectivity index (χ1) is 11.7. The molecule has 2 aromatic rings. The summed E-state index contributed by atoms with van der Waals surface area (Å²) >= 11 is 3.48. The van der Waals surface area contributed by atoms with Crippen molar-refractivity contribution in [2.45, 2.75) is 19.8 Å². The third-order valence-corrected chi connectivity index (χ3v) is 4.29. The predicted molar refractivity (Wildman–Crippen MR) is 98.0 cm³/mol. The van der Waals surface area contributed by atoms with E-state index in [1.54, 1.807) is 4.90 Å². The average molecular weight is 390 g/mol. The fraction of sp³-hybridized carbons (Fsp3) is 0.316. The van der Waals surface area contributed by atoms with Crippen LogP contribution < -0.4 is 9.64 Å². The van der Waals surface area contributed by atoms with Gasteiger partial charge in [-0.3, -0.25) is 9.69 Å². The molecule has 0 atom stereocenters. The topological polar surface area (TPSA) is 38.8 Å². The number of benzene rings is 2. The van der Waals surface area contributed by atoms with Gasteiger partial charge in [0.25, 0.3) is 0 Å². The number of anilines is 2. The van der Waals surface area contributed by atoms with Crippen LogP contribution in [0, 0.1) is 0 Å². The van der Waals surface area contributed by atoms with Crippen molar-refractivity contribution in [1.29, 1.82) is 0 Å². The molecule has 2 aromatic carbocycles. The largest absolute Gasteiger partial charge is 0.491 e. The van der Waals surface area contributed by atoms with E-state index in [1.807, 2.05) is 42.5 Å². The monoisotopic (exact) mass is 389 g/mol. The van der Waals surface area contributed by atoms with Crippen molar-refractivity contribution >= 4 is 33.2 Å². The van der Waals surface area contributed by atoms with Crippen LogP contribution in [0.3, 0.4) is 0 Å². The van der Waals surface area contributed by atoms with Crippen LogP contribution in [-0.4, -0.2) is 25.7 Å². The van der Waals surface area contributed by atoms with Gasteiger partial charge in [0, 0.05) is 17.1 Å². The van der Waals surface area contributed by atoms with E-state index in [0.29, 0.717) is 19.6 Å². The molecule has 126 valence electrons. The highest BCUT2D eigenvalue weighted by atomic mass is 79.9. The molecule has 0 bridgehead atoms. The fourth-order valence-corrected chi connectivity index (χ4v) is 3.08. The summed E-state index contributed by atoms with van der Waals surface area (Å²) in [5.41, 5.74) is 2.80. The summed E-state index contributed by atoms with van der Waals surface area (Å²) in [6.07, 6.45) is 1.43. The van der Waals surface area contributed by atoms with Gasteiger partial charge >= 0.3 is 0 Å². The smallest absolute Gasteiger partial charge is 0.236 e. The van der Waals surface area contributed by atoms with Crippen LogP contribution in [0.4, 0.5) is 11.4 Å². The Kier molecular flexibility index (Phi) is 5.53. The maximum atomic E-state index is 12.4. The van der Waals surface area contributed by atoms with E-state index < -0.39 is 0 Å². The Balaban J connectivity index is 1.75. The summed E-state index contributed by atoms with van der Waals surface area (Å²) in [4.78, 5) is 14.2. The minimum atomic E-state index is 0.0755. The lowest BCUT2D eigenvalue weighted by Gasteiger charge is -2.19. The summed E-state index contributed by atoms with van der Waals surface area (Å²) in [5.74, 6) is 0.815. The molecule has 0 spiro atoms. The highest BCUT2D eigenvalue weighted by Gasteiger charge is 2.28. The number of nitrogens with zero attached hydrogens (tertiary/aromatic N) is 1. The van der Waals surface area contributed by atoms with Crippen LogP contribution in [0.15, 0.2) is 46.9 Å². The number of carbonyl (C=O) groups excluding carboxylic acids is 1. The van der Waals surface area contributed by atoms with Crippen LogP contribution in [0.25, 0.3) is 0 Å². The third-order valence-electron chi connectivity index (χ3n) is 3.80. The van der Waals surface area contributed by atoms with E-state index in [-0.39, 0.29) is 5.91 Å². The molecule has 0 fully saturated rings. The molecule has 0 aliphatic carbocycles. The molecule has 1 heterocycles. The number of carbonyl (C=O) groups is 1. The fourth-order valence-electron chi connectivity index (χ4n) is 2.73. The molecule has 24 heavy (non-hydrogen) atoms. The molecule has 0 saturated heterocycles. The number of ether oxygens (including phenoxy) is 2. The van der Waals surface area contributed by atoms with Crippen molar-refractivity contribution in [3.05, 3.63) is 52.5 Å². The van der Waals surface area contributed by atoms with Crippen molar-refractivity contribution in [2.24, 2.45) is 0 Å². The Morgan fingerprint density at radius 3 is 2.83 bits per heavy atom. The molecule has 0 N–H and O–H groups in total. The van der Waals surface area contributed by atoms with Crippen LogP contribution in [0.2, 0.25) is 0 Å². The van der Waals surface area contributed by atoms with Crippen LogP contribution in [0.1, 0.15) is 18.9 Å². The van der Waals surface area contributed by atoms with Gasteiger partial charge < -0.3 is 9.47 Å². The lowest BCUT2D eigenvalue weighted by molar-refractivity contribution is -0.116. The second-order valence-electron chi connectivity index (χ2n) is 5.64. The van der Waals surface area contributed by atoms with E-state index in [0.717, 1.165) is 40.2 Å². The van der Waals surface area contributed by atoms with Gasteiger partial charge in [-0.25, -0.2) is 0 Å². The Morgan fingerprint density at radius 2 is 2.00 bits per heavy atom. The quantitative estimate of drug-likeness (QED) is 0.655. The molecule has 0 radical (unpaired) electrons. The maximum Gasteiger partial charge on any atom is 0.236 e. The summed E-state index contributed by atoms with van der Waals surface area (Å²) in [6, 6.07) is 13.6. The van der Waals surface area contributed by atoms with Crippen molar-refractivity contribution < 1.29 is 14.3 Å². The van der Waals surface area contributed by atoms with E-state index >= 15 is 0 Å².